The Hall–Kier alpha value is -3.31. The number of sulfonamides is 1. The summed E-state index contributed by atoms with van der Waals surface area (Å²) in [4.78, 5) is 43.7. The number of phenols is 1. The summed E-state index contributed by atoms with van der Waals surface area (Å²) in [5, 5.41) is 9.34. The minimum atomic E-state index is -4.18. The zero-order valence-electron chi connectivity index (χ0n) is 17.0. The van der Waals surface area contributed by atoms with Crippen molar-refractivity contribution in [1.82, 2.24) is 14.2 Å². The lowest BCUT2D eigenvalue weighted by Gasteiger charge is -2.34. The maximum atomic E-state index is 13.1. The van der Waals surface area contributed by atoms with Gasteiger partial charge in [0.1, 0.15) is 5.75 Å². The number of hydrogen-bond donors (Lipinski definition) is 2. The highest BCUT2D eigenvalue weighted by Crippen LogP contribution is 2.42. The molecule has 2 unspecified atom stereocenters. The largest absolute Gasteiger partial charge is 0.508 e. The van der Waals surface area contributed by atoms with Crippen LogP contribution in [0.2, 0.25) is 0 Å². The quantitative estimate of drug-likeness (QED) is 0.570. The molecule has 2 atom stereocenters. The number of fused-ring (bicyclic) bond motifs is 1. The van der Waals surface area contributed by atoms with Gasteiger partial charge in [0, 0.05) is 19.2 Å². The topological polar surface area (TPSA) is 151 Å². The van der Waals surface area contributed by atoms with Crippen LogP contribution in [0.3, 0.4) is 0 Å². The first-order valence-electron chi connectivity index (χ1n) is 10.0. The molecule has 0 aliphatic carbocycles. The van der Waals surface area contributed by atoms with E-state index in [1.165, 1.54) is 30.5 Å². The van der Waals surface area contributed by atoms with Crippen molar-refractivity contribution in [1.29, 1.82) is 0 Å². The Morgan fingerprint density at radius 3 is 2.66 bits per heavy atom. The number of ketones is 1. The van der Waals surface area contributed by atoms with Gasteiger partial charge in [0.25, 0.3) is 15.9 Å². The fraction of sp³-hybridized carbons (Fsp3) is 0.333. The minimum Gasteiger partial charge on any atom is -0.508 e. The average molecular weight is 458 g/mol. The van der Waals surface area contributed by atoms with Gasteiger partial charge in [0.2, 0.25) is 5.91 Å². The number of nitrogens with zero attached hydrogens (tertiary/aromatic N) is 3. The highest BCUT2D eigenvalue weighted by molar-refractivity contribution is 7.89. The van der Waals surface area contributed by atoms with Crippen molar-refractivity contribution >= 4 is 27.6 Å². The molecule has 3 N–H and O–H groups in total. The molecule has 1 aromatic heterocycles. The van der Waals surface area contributed by atoms with Crippen LogP contribution in [-0.4, -0.2) is 70.0 Å². The summed E-state index contributed by atoms with van der Waals surface area (Å²) in [5.74, 6) is -2.20. The number of benzene rings is 1. The van der Waals surface area contributed by atoms with Gasteiger partial charge in [-0.3, -0.25) is 14.4 Å². The molecule has 4 rings (SSSR count). The standard InChI is InChI=1S/C21H22N4O6S/c22-20(29)21-16(25(13-17(21)27)32(30,31)18-6-1-2-10-23-18)9-11-24(21)19(28)8-7-14-4-3-5-15(26)12-14/h1-6,10,12,16,26H,7-9,11,13H2,(H2,22,29). The molecule has 32 heavy (non-hydrogen) atoms. The first kappa shape index (κ1) is 21.9. The van der Waals surface area contributed by atoms with E-state index >= 15 is 0 Å². The van der Waals surface area contributed by atoms with Crippen LogP contribution in [-0.2, 0) is 30.8 Å². The molecule has 11 heteroatoms. The summed E-state index contributed by atoms with van der Waals surface area (Å²) in [7, 11) is -4.18. The number of rotatable bonds is 6. The molecule has 0 radical (unpaired) electrons. The summed E-state index contributed by atoms with van der Waals surface area (Å²) in [6.45, 7) is -0.546. The predicted octanol–water partition coefficient (Wildman–Crippen LogP) is -0.182. The third kappa shape index (κ3) is 3.33. The van der Waals surface area contributed by atoms with Gasteiger partial charge < -0.3 is 15.7 Å². The Labute approximate surface area is 184 Å². The zero-order chi connectivity index (χ0) is 23.1. The van der Waals surface area contributed by atoms with Gasteiger partial charge in [-0.1, -0.05) is 18.2 Å². The second-order valence-corrected chi connectivity index (χ2v) is 9.63. The Bertz CT molecular complexity index is 1190. The molecule has 0 bridgehead atoms. The van der Waals surface area contributed by atoms with E-state index in [9.17, 15) is 27.9 Å². The lowest BCUT2D eigenvalue weighted by Crippen LogP contribution is -2.64. The fourth-order valence-corrected chi connectivity index (χ4v) is 6.17. The number of aryl methyl sites for hydroxylation is 1. The SMILES string of the molecule is NC(=O)C12C(=O)CN(S(=O)(=O)c3ccccn3)C1CCN2C(=O)CCc1cccc(O)c1. The average Bonchev–Trinajstić information content (AvgIpc) is 3.30. The Balaban J connectivity index is 1.63. The molecule has 168 valence electrons. The first-order valence-corrected chi connectivity index (χ1v) is 11.5. The second kappa shape index (κ2) is 7.99. The molecule has 2 aliphatic rings. The second-order valence-electron chi connectivity index (χ2n) is 7.79. The molecule has 1 aromatic carbocycles. The number of amides is 2. The van der Waals surface area contributed by atoms with Crippen molar-refractivity contribution in [3.05, 3.63) is 54.2 Å². The van der Waals surface area contributed by atoms with Crippen LogP contribution >= 0.6 is 0 Å². The number of carbonyl (C=O) groups is 3. The highest BCUT2D eigenvalue weighted by Gasteiger charge is 2.68. The van der Waals surface area contributed by atoms with E-state index in [-0.39, 0.29) is 36.6 Å². The number of primary amides is 1. The number of Topliss-reactive ketones (excluding diaryl/α,β-unsaturated/α-hetero) is 1. The maximum absolute atomic E-state index is 13.1. The van der Waals surface area contributed by atoms with Crippen LogP contribution in [0.25, 0.3) is 0 Å². The number of aromatic nitrogens is 1. The third-order valence-corrected chi connectivity index (χ3v) is 7.80. The number of pyridine rings is 1. The number of likely N-dealkylation sites (tertiary alicyclic amines) is 1. The van der Waals surface area contributed by atoms with Crippen LogP contribution in [0.4, 0.5) is 0 Å². The van der Waals surface area contributed by atoms with Crippen LogP contribution in [0, 0.1) is 0 Å². The lowest BCUT2D eigenvalue weighted by molar-refractivity contribution is -0.149. The molecule has 2 amide bonds. The van der Waals surface area contributed by atoms with E-state index in [1.807, 2.05) is 0 Å². The Morgan fingerprint density at radius 2 is 2.00 bits per heavy atom. The molecule has 10 nitrogen and oxygen atoms in total. The number of carbonyl (C=O) groups excluding carboxylic acids is 3. The normalized spacial score (nSPS) is 23.3. The van der Waals surface area contributed by atoms with Gasteiger partial charge in [0.15, 0.2) is 16.3 Å². The Morgan fingerprint density at radius 1 is 1.22 bits per heavy atom. The first-order chi connectivity index (χ1) is 15.2. The van der Waals surface area contributed by atoms with Gasteiger partial charge in [-0.2, -0.15) is 4.31 Å². The van der Waals surface area contributed by atoms with Crippen LogP contribution in [0.1, 0.15) is 18.4 Å². The van der Waals surface area contributed by atoms with Crippen molar-refractivity contribution in [3.8, 4) is 5.75 Å². The number of hydrogen-bond acceptors (Lipinski definition) is 7. The van der Waals surface area contributed by atoms with Gasteiger partial charge in [-0.25, -0.2) is 13.4 Å². The van der Waals surface area contributed by atoms with Crippen LogP contribution < -0.4 is 5.73 Å². The monoisotopic (exact) mass is 458 g/mol. The summed E-state index contributed by atoms with van der Waals surface area (Å²) < 4.78 is 27.2. The van der Waals surface area contributed by atoms with Gasteiger partial charge in [-0.05, 0) is 42.7 Å². The number of aromatic hydroxyl groups is 1. The van der Waals surface area contributed by atoms with Crippen molar-refractivity contribution in [2.24, 2.45) is 5.73 Å². The summed E-state index contributed by atoms with van der Waals surface area (Å²) in [6.07, 6.45) is 1.65. The van der Waals surface area contributed by atoms with E-state index < -0.39 is 45.7 Å². The van der Waals surface area contributed by atoms with Gasteiger partial charge in [-0.15, -0.1) is 0 Å². The van der Waals surface area contributed by atoms with Crippen molar-refractivity contribution in [3.63, 3.8) is 0 Å². The lowest BCUT2D eigenvalue weighted by atomic mass is 9.89. The van der Waals surface area contributed by atoms with Crippen LogP contribution in [0.5, 0.6) is 5.75 Å². The highest BCUT2D eigenvalue weighted by atomic mass is 32.2. The summed E-state index contributed by atoms with van der Waals surface area (Å²) in [6, 6.07) is 9.69. The fourth-order valence-electron chi connectivity index (χ4n) is 4.60. The molecule has 2 fully saturated rings. The van der Waals surface area contributed by atoms with E-state index in [4.69, 9.17) is 5.73 Å². The van der Waals surface area contributed by atoms with Crippen molar-refractivity contribution < 1.29 is 27.9 Å². The van der Waals surface area contributed by atoms with Gasteiger partial charge in [0.05, 0.1) is 12.6 Å². The van der Waals surface area contributed by atoms with Crippen LogP contribution in [0.15, 0.2) is 53.7 Å². The smallest absolute Gasteiger partial charge is 0.261 e. The molecular weight excluding hydrogens is 436 g/mol. The minimum absolute atomic E-state index is 0.0203. The van der Waals surface area contributed by atoms with Gasteiger partial charge >= 0.3 is 0 Å². The molecule has 2 saturated heterocycles. The predicted molar refractivity (Wildman–Crippen MR) is 112 cm³/mol. The summed E-state index contributed by atoms with van der Waals surface area (Å²) in [5.41, 5.74) is 4.30. The molecule has 3 heterocycles. The third-order valence-electron chi connectivity index (χ3n) is 6.03. The molecular formula is C21H22N4O6S. The van der Waals surface area contributed by atoms with E-state index in [0.29, 0.717) is 5.56 Å². The molecule has 0 spiro atoms. The Kier molecular flexibility index (Phi) is 5.47. The van der Waals surface area contributed by atoms with E-state index in [2.05, 4.69) is 4.98 Å². The van der Waals surface area contributed by atoms with E-state index in [1.54, 1.807) is 18.2 Å². The van der Waals surface area contributed by atoms with Crippen molar-refractivity contribution in [2.75, 3.05) is 13.1 Å². The number of nitrogens with two attached hydrogens (primary N) is 1. The number of phenolic OH excluding ortho intramolecular Hbond substituents is 1. The molecule has 2 aliphatic heterocycles. The molecule has 0 saturated carbocycles. The molecule has 2 aromatic rings. The zero-order valence-corrected chi connectivity index (χ0v) is 17.9. The maximum Gasteiger partial charge on any atom is 0.261 e. The van der Waals surface area contributed by atoms with E-state index in [0.717, 1.165) is 9.21 Å². The summed E-state index contributed by atoms with van der Waals surface area (Å²) >= 11 is 0. The van der Waals surface area contributed by atoms with Crippen molar-refractivity contribution in [2.45, 2.75) is 35.9 Å².